The van der Waals surface area contributed by atoms with Crippen LogP contribution in [0.1, 0.15) is 50.5 Å². The molecule has 1 aromatic rings. The van der Waals surface area contributed by atoms with Gasteiger partial charge in [-0.15, -0.1) is 0 Å². The molecule has 2 fully saturated rings. The van der Waals surface area contributed by atoms with Gasteiger partial charge in [0.2, 0.25) is 5.91 Å². The summed E-state index contributed by atoms with van der Waals surface area (Å²) in [6.45, 7) is 3.40. The van der Waals surface area contributed by atoms with Gasteiger partial charge in [0.25, 0.3) is 0 Å². The Morgan fingerprint density at radius 1 is 1.12 bits per heavy atom. The van der Waals surface area contributed by atoms with Crippen LogP contribution in [0, 0.1) is 5.41 Å². The highest BCUT2D eigenvalue weighted by atomic mass is 16.5. The molecule has 0 unspecified atom stereocenters. The van der Waals surface area contributed by atoms with Crippen LogP contribution in [0.15, 0.2) is 24.5 Å². The normalized spacial score (nSPS) is 25.1. The summed E-state index contributed by atoms with van der Waals surface area (Å²) in [6.07, 6.45) is 5.49. The minimum absolute atomic E-state index is 0.0233. The molecule has 1 aromatic heterocycles. The fourth-order valence-corrected chi connectivity index (χ4v) is 4.82. The molecule has 2 atom stereocenters. The number of esters is 1. The summed E-state index contributed by atoms with van der Waals surface area (Å²) in [5.74, 6) is -0.306. The van der Waals surface area contributed by atoms with Crippen LogP contribution in [0.4, 0.5) is 0 Å². The van der Waals surface area contributed by atoms with Crippen molar-refractivity contribution < 1.29 is 29.3 Å². The van der Waals surface area contributed by atoms with Gasteiger partial charge in [-0.3, -0.25) is 19.5 Å². The molecule has 9 nitrogen and oxygen atoms in total. The van der Waals surface area contributed by atoms with E-state index in [9.17, 15) is 19.8 Å². The second-order valence-corrected chi connectivity index (χ2v) is 9.51. The first-order valence-electron chi connectivity index (χ1n) is 12.3. The van der Waals surface area contributed by atoms with E-state index in [2.05, 4.69) is 9.88 Å². The third kappa shape index (κ3) is 7.46. The smallest absolute Gasteiger partial charge is 0.312 e. The number of hydrogen-bond donors (Lipinski definition) is 2. The van der Waals surface area contributed by atoms with Crippen molar-refractivity contribution >= 4 is 11.9 Å². The lowest BCUT2D eigenvalue weighted by Gasteiger charge is -2.40. The van der Waals surface area contributed by atoms with Gasteiger partial charge < -0.3 is 24.6 Å². The average molecular weight is 478 g/mol. The fraction of sp³-hybridized carbons (Fsp3) is 0.720. The number of piperidine rings is 1. The van der Waals surface area contributed by atoms with E-state index in [0.717, 1.165) is 32.5 Å². The molecule has 0 bridgehead atoms. The van der Waals surface area contributed by atoms with Crippen molar-refractivity contribution in [3.63, 3.8) is 0 Å². The number of rotatable bonds is 5. The number of nitrogens with zero attached hydrogens (tertiary/aromatic N) is 3. The molecule has 0 aromatic carbocycles. The van der Waals surface area contributed by atoms with Crippen LogP contribution in [0.2, 0.25) is 0 Å². The minimum atomic E-state index is -1.18. The maximum absolute atomic E-state index is 13.2. The van der Waals surface area contributed by atoms with Crippen molar-refractivity contribution in [1.82, 2.24) is 14.8 Å². The van der Waals surface area contributed by atoms with Crippen molar-refractivity contribution in [2.24, 2.45) is 5.41 Å². The standard InChI is InChI=1S/C25H39N3O6/c1-33-17-7-23(31)28-13-3-2-8-25(24(32)34-19-22(30)21(29)6-14-28)9-15-27(16-10-25)18-20-4-11-26-12-5-20/h4-5,11-12,21-22,29-30H,2-3,6-10,13-19H2,1H3/t21-,22+/m0/s1. The Hall–Kier alpha value is -2.07. The number of aromatic nitrogens is 1. The van der Waals surface area contributed by atoms with E-state index in [1.165, 1.54) is 5.56 Å². The fourth-order valence-electron chi connectivity index (χ4n) is 4.82. The second kappa shape index (κ2) is 13.1. The molecular weight excluding hydrogens is 438 g/mol. The van der Waals surface area contributed by atoms with Crippen LogP contribution in [0.5, 0.6) is 0 Å². The largest absolute Gasteiger partial charge is 0.462 e. The molecule has 0 aliphatic carbocycles. The van der Waals surface area contributed by atoms with Gasteiger partial charge in [0.1, 0.15) is 12.7 Å². The Morgan fingerprint density at radius 2 is 1.85 bits per heavy atom. The number of aliphatic hydroxyl groups excluding tert-OH is 2. The van der Waals surface area contributed by atoms with E-state index >= 15 is 0 Å². The van der Waals surface area contributed by atoms with Gasteiger partial charge in [-0.2, -0.15) is 0 Å². The summed E-state index contributed by atoms with van der Waals surface area (Å²) >= 11 is 0. The van der Waals surface area contributed by atoms with E-state index in [0.29, 0.717) is 39.0 Å². The van der Waals surface area contributed by atoms with Crippen LogP contribution < -0.4 is 0 Å². The van der Waals surface area contributed by atoms with Gasteiger partial charge in [-0.25, -0.2) is 0 Å². The lowest BCUT2D eigenvalue weighted by Crippen LogP contribution is -2.45. The number of hydrogen-bond acceptors (Lipinski definition) is 8. The highest BCUT2D eigenvalue weighted by molar-refractivity contribution is 5.77. The molecule has 2 N–H and O–H groups in total. The zero-order valence-electron chi connectivity index (χ0n) is 20.2. The molecule has 3 rings (SSSR count). The quantitative estimate of drug-likeness (QED) is 0.612. The maximum atomic E-state index is 13.2. The Labute approximate surface area is 202 Å². The molecule has 0 radical (unpaired) electrons. The lowest BCUT2D eigenvalue weighted by molar-refractivity contribution is -0.165. The molecule has 2 aliphatic heterocycles. The van der Waals surface area contributed by atoms with Gasteiger partial charge in [-0.1, -0.05) is 6.42 Å². The summed E-state index contributed by atoms with van der Waals surface area (Å²) in [4.78, 5) is 33.9. The second-order valence-electron chi connectivity index (χ2n) is 9.51. The van der Waals surface area contributed by atoms with E-state index < -0.39 is 17.6 Å². The topological polar surface area (TPSA) is 112 Å². The Balaban J connectivity index is 1.64. The van der Waals surface area contributed by atoms with E-state index in [-0.39, 0.29) is 31.3 Å². The summed E-state index contributed by atoms with van der Waals surface area (Å²) in [7, 11) is 1.56. The zero-order chi connectivity index (χ0) is 24.4. The number of aliphatic hydroxyl groups is 2. The molecule has 0 saturated carbocycles. The van der Waals surface area contributed by atoms with E-state index in [4.69, 9.17) is 9.47 Å². The Kier molecular flexibility index (Phi) is 10.2. The molecule has 190 valence electrons. The van der Waals surface area contributed by atoms with Crippen molar-refractivity contribution in [2.75, 3.05) is 46.5 Å². The van der Waals surface area contributed by atoms with Crippen LogP contribution in [-0.4, -0.2) is 95.6 Å². The molecule has 2 aliphatic rings. The Morgan fingerprint density at radius 3 is 2.56 bits per heavy atom. The number of ether oxygens (including phenoxy) is 2. The van der Waals surface area contributed by atoms with Gasteiger partial charge in [0.15, 0.2) is 0 Å². The predicted molar refractivity (Wildman–Crippen MR) is 126 cm³/mol. The number of carbonyl (C=O) groups is 2. The maximum Gasteiger partial charge on any atom is 0.312 e. The first-order chi connectivity index (χ1) is 16.4. The molecule has 34 heavy (non-hydrogen) atoms. The van der Waals surface area contributed by atoms with Crippen LogP contribution in [0.3, 0.4) is 0 Å². The molecule has 3 heterocycles. The zero-order valence-corrected chi connectivity index (χ0v) is 20.2. The third-order valence-corrected chi connectivity index (χ3v) is 7.13. The summed E-state index contributed by atoms with van der Waals surface area (Å²) < 4.78 is 10.6. The predicted octanol–water partition coefficient (Wildman–Crippen LogP) is 1.37. The first-order valence-corrected chi connectivity index (χ1v) is 12.3. The molecular formula is C25H39N3O6. The number of methoxy groups -OCH3 is 1. The van der Waals surface area contributed by atoms with Gasteiger partial charge in [0.05, 0.1) is 24.5 Å². The molecule has 2 saturated heterocycles. The average Bonchev–Trinajstić information content (AvgIpc) is 2.86. The highest BCUT2D eigenvalue weighted by Crippen LogP contribution is 2.38. The number of likely N-dealkylation sites (tertiary alicyclic amines) is 1. The van der Waals surface area contributed by atoms with Crippen LogP contribution in [0.25, 0.3) is 0 Å². The number of cyclic esters (lactones) is 1. The van der Waals surface area contributed by atoms with Crippen LogP contribution in [-0.2, 0) is 25.6 Å². The van der Waals surface area contributed by atoms with Gasteiger partial charge in [-0.05, 0) is 62.9 Å². The summed E-state index contributed by atoms with van der Waals surface area (Å²) in [6, 6.07) is 4.01. The monoisotopic (exact) mass is 477 g/mol. The number of pyridine rings is 1. The molecule has 1 spiro atoms. The van der Waals surface area contributed by atoms with Crippen molar-refractivity contribution in [2.45, 2.75) is 63.7 Å². The highest BCUT2D eigenvalue weighted by Gasteiger charge is 2.42. The number of carbonyl (C=O) groups excluding carboxylic acids is 2. The van der Waals surface area contributed by atoms with Gasteiger partial charge in [0, 0.05) is 39.1 Å². The molecule has 1 amide bonds. The first kappa shape index (κ1) is 26.5. The van der Waals surface area contributed by atoms with E-state index in [1.807, 2.05) is 12.1 Å². The van der Waals surface area contributed by atoms with Crippen molar-refractivity contribution in [3.05, 3.63) is 30.1 Å². The lowest BCUT2D eigenvalue weighted by atomic mass is 9.74. The minimum Gasteiger partial charge on any atom is -0.462 e. The van der Waals surface area contributed by atoms with E-state index in [1.54, 1.807) is 24.4 Å². The molecule has 9 heteroatoms. The third-order valence-electron chi connectivity index (χ3n) is 7.13. The summed E-state index contributed by atoms with van der Waals surface area (Å²) in [5, 5.41) is 20.7. The Bertz CT molecular complexity index is 769. The van der Waals surface area contributed by atoms with Crippen LogP contribution >= 0.6 is 0 Å². The summed E-state index contributed by atoms with van der Waals surface area (Å²) in [5.41, 5.74) is 0.594. The number of amides is 1. The SMILES string of the molecule is COCCC(=O)N1CCCCC2(CCN(Cc3ccncc3)CC2)C(=O)OC[C@@H](O)[C@@H](O)CC1. The van der Waals surface area contributed by atoms with Crippen molar-refractivity contribution in [1.29, 1.82) is 0 Å². The van der Waals surface area contributed by atoms with Crippen molar-refractivity contribution in [3.8, 4) is 0 Å². The van der Waals surface area contributed by atoms with Gasteiger partial charge >= 0.3 is 5.97 Å².